The number of hydrogen-bond acceptors (Lipinski definition) is 5. The summed E-state index contributed by atoms with van der Waals surface area (Å²) in [6, 6.07) is 7.33. The predicted octanol–water partition coefficient (Wildman–Crippen LogP) is 3.99. The molecule has 164 valence electrons. The fourth-order valence-corrected chi connectivity index (χ4v) is 4.35. The Hall–Kier alpha value is -2.55. The molecule has 0 aliphatic carbocycles. The zero-order chi connectivity index (χ0) is 22.7. The van der Waals surface area contributed by atoms with Crippen molar-refractivity contribution in [3.8, 4) is 5.75 Å². The van der Waals surface area contributed by atoms with E-state index >= 15 is 0 Å². The van der Waals surface area contributed by atoms with Crippen LogP contribution in [0, 0.1) is 5.82 Å². The highest BCUT2D eigenvalue weighted by atomic mass is 35.5. The van der Waals surface area contributed by atoms with Gasteiger partial charge in [0.15, 0.2) is 0 Å². The molecule has 0 fully saturated rings. The minimum atomic E-state index is -1.36. The Balaban J connectivity index is 2.29. The van der Waals surface area contributed by atoms with E-state index < -0.39 is 28.8 Å². The molecule has 9 heteroatoms. The topological polar surface area (TPSA) is 88.8 Å². The predicted molar refractivity (Wildman–Crippen MR) is 120 cm³/mol. The molecule has 0 bridgehead atoms. The van der Waals surface area contributed by atoms with E-state index in [-0.39, 0.29) is 23.4 Å². The molecule has 6 nitrogen and oxygen atoms in total. The number of halogens is 2. The van der Waals surface area contributed by atoms with Crippen molar-refractivity contribution in [3.05, 3.63) is 74.3 Å². The number of carboxylic acid groups (broad SMARTS) is 1. The maximum Gasteiger partial charge on any atom is 0.341 e. The molecule has 1 aromatic heterocycles. The van der Waals surface area contributed by atoms with Gasteiger partial charge in [0, 0.05) is 29.8 Å². The van der Waals surface area contributed by atoms with Gasteiger partial charge in [0.1, 0.15) is 17.1 Å². The Kier molecular flexibility index (Phi) is 7.25. The maximum atomic E-state index is 14.4. The number of aliphatic hydroxyl groups is 1. The molecule has 0 aliphatic heterocycles. The Morgan fingerprint density at radius 3 is 2.68 bits per heavy atom. The third-order valence-corrected chi connectivity index (χ3v) is 6.05. The van der Waals surface area contributed by atoms with E-state index in [1.165, 1.54) is 37.2 Å². The number of methoxy groups -OCH3 is 1. The molecule has 0 saturated carbocycles. The highest BCUT2D eigenvalue weighted by molar-refractivity contribution is 7.98. The van der Waals surface area contributed by atoms with Crippen LogP contribution >= 0.6 is 23.4 Å². The first-order valence-electron chi connectivity index (χ1n) is 9.34. The molecule has 0 unspecified atom stereocenters. The van der Waals surface area contributed by atoms with Crippen LogP contribution in [-0.4, -0.2) is 46.5 Å². The molecule has 1 heterocycles. The van der Waals surface area contributed by atoms with E-state index in [0.717, 1.165) is 0 Å². The van der Waals surface area contributed by atoms with Crippen LogP contribution in [0.3, 0.4) is 0 Å². The second-order valence-electron chi connectivity index (χ2n) is 6.95. The van der Waals surface area contributed by atoms with Crippen LogP contribution in [-0.2, 0) is 6.42 Å². The van der Waals surface area contributed by atoms with E-state index in [0.29, 0.717) is 28.1 Å². The maximum absolute atomic E-state index is 14.4. The van der Waals surface area contributed by atoms with E-state index in [1.807, 2.05) is 6.26 Å². The van der Waals surface area contributed by atoms with Crippen molar-refractivity contribution in [3.63, 3.8) is 0 Å². The molecule has 2 aromatic carbocycles. The molecule has 2 N–H and O–H groups in total. The summed E-state index contributed by atoms with van der Waals surface area (Å²) in [5.74, 6) is -1.02. The van der Waals surface area contributed by atoms with E-state index in [1.54, 1.807) is 22.8 Å². The monoisotopic (exact) mass is 465 g/mol. The lowest BCUT2D eigenvalue weighted by atomic mass is 10.00. The number of aromatic nitrogens is 1. The fourth-order valence-electron chi connectivity index (χ4n) is 3.51. The summed E-state index contributed by atoms with van der Waals surface area (Å²) in [5, 5.41) is 19.5. The van der Waals surface area contributed by atoms with Crippen LogP contribution in [0.4, 0.5) is 4.39 Å². The first-order valence-corrected chi connectivity index (χ1v) is 11.1. The lowest BCUT2D eigenvalue weighted by molar-refractivity contribution is 0.0694. The van der Waals surface area contributed by atoms with Crippen LogP contribution in [0.25, 0.3) is 10.9 Å². The molecule has 0 aliphatic rings. The second-order valence-corrected chi connectivity index (χ2v) is 8.26. The Morgan fingerprint density at radius 2 is 2.06 bits per heavy atom. The molecule has 31 heavy (non-hydrogen) atoms. The van der Waals surface area contributed by atoms with E-state index in [4.69, 9.17) is 16.3 Å². The zero-order valence-corrected chi connectivity index (χ0v) is 18.5. The van der Waals surface area contributed by atoms with Gasteiger partial charge in [0.05, 0.1) is 30.3 Å². The normalized spacial score (nSPS) is 12.2. The summed E-state index contributed by atoms with van der Waals surface area (Å²) < 4.78 is 21.5. The number of nitrogens with zero attached hydrogens (tertiary/aromatic N) is 1. The van der Waals surface area contributed by atoms with Crippen molar-refractivity contribution in [1.29, 1.82) is 0 Å². The Bertz CT molecular complexity index is 1200. The summed E-state index contributed by atoms with van der Waals surface area (Å²) in [5.41, 5.74) is 0.186. The third kappa shape index (κ3) is 4.56. The molecule has 3 rings (SSSR count). The number of fused-ring (bicyclic) bond motifs is 1. The smallest absolute Gasteiger partial charge is 0.341 e. The lowest BCUT2D eigenvalue weighted by Crippen LogP contribution is -2.24. The average molecular weight is 466 g/mol. The van der Waals surface area contributed by atoms with Gasteiger partial charge in [-0.3, -0.25) is 4.79 Å². The zero-order valence-electron chi connectivity index (χ0n) is 16.9. The highest BCUT2D eigenvalue weighted by Crippen LogP contribution is 2.30. The van der Waals surface area contributed by atoms with Crippen molar-refractivity contribution in [2.24, 2.45) is 0 Å². The first kappa shape index (κ1) is 23.1. The number of hydrogen-bond donors (Lipinski definition) is 2. The third-order valence-electron chi connectivity index (χ3n) is 5.04. The number of aromatic carboxylic acids is 1. The van der Waals surface area contributed by atoms with Crippen LogP contribution in [0.5, 0.6) is 5.75 Å². The van der Waals surface area contributed by atoms with E-state index in [9.17, 15) is 24.2 Å². The Morgan fingerprint density at radius 1 is 1.32 bits per heavy atom. The number of aliphatic hydroxyl groups excluding tert-OH is 1. The van der Waals surface area contributed by atoms with Gasteiger partial charge in [0.25, 0.3) is 0 Å². The molecular weight excluding hydrogens is 445 g/mol. The van der Waals surface area contributed by atoms with Gasteiger partial charge in [-0.15, -0.1) is 0 Å². The average Bonchev–Trinajstić information content (AvgIpc) is 2.75. The Labute approximate surface area is 187 Å². The van der Waals surface area contributed by atoms with Crippen LogP contribution in [0.15, 0.2) is 41.3 Å². The molecule has 0 spiro atoms. The largest absolute Gasteiger partial charge is 0.496 e. The molecule has 0 saturated heterocycles. The summed E-state index contributed by atoms with van der Waals surface area (Å²) >= 11 is 7.36. The minimum absolute atomic E-state index is 0.0179. The van der Waals surface area contributed by atoms with Crippen LogP contribution in [0.1, 0.15) is 27.5 Å². The van der Waals surface area contributed by atoms with Gasteiger partial charge in [-0.05, 0) is 29.5 Å². The van der Waals surface area contributed by atoms with Gasteiger partial charge < -0.3 is 19.5 Å². The quantitative estimate of drug-likeness (QED) is 0.523. The van der Waals surface area contributed by atoms with Gasteiger partial charge in [-0.1, -0.05) is 23.7 Å². The van der Waals surface area contributed by atoms with Gasteiger partial charge in [0.2, 0.25) is 5.43 Å². The summed E-state index contributed by atoms with van der Waals surface area (Å²) in [6.07, 6.45) is 3.21. The minimum Gasteiger partial charge on any atom is -0.496 e. The molecule has 1 atom stereocenters. The summed E-state index contributed by atoms with van der Waals surface area (Å²) in [6.45, 7) is -0.240. The van der Waals surface area contributed by atoms with Crippen LogP contribution < -0.4 is 10.2 Å². The van der Waals surface area contributed by atoms with Crippen molar-refractivity contribution in [2.45, 2.75) is 12.5 Å². The number of carbonyl (C=O) groups is 1. The number of thioether (sulfide) groups is 1. The number of carboxylic acids is 1. The molecule has 0 radical (unpaired) electrons. The molecular formula is C22H21ClFNO5S. The molecule has 0 amide bonds. The lowest BCUT2D eigenvalue weighted by Gasteiger charge is -2.22. The SMILES string of the molecule is COc1cc2c(cc1Cc1cccc(Cl)c1F)c(=O)c(C(=O)O)cn2[C@H](CO)CSC. The van der Waals surface area contributed by atoms with Crippen molar-refractivity contribution in [1.82, 2.24) is 4.57 Å². The first-order chi connectivity index (χ1) is 14.8. The number of pyridine rings is 1. The van der Waals surface area contributed by atoms with Crippen molar-refractivity contribution >= 4 is 40.2 Å². The van der Waals surface area contributed by atoms with Gasteiger partial charge in [-0.25, -0.2) is 9.18 Å². The molecule has 3 aromatic rings. The van der Waals surface area contributed by atoms with Crippen molar-refractivity contribution < 1.29 is 24.1 Å². The fraction of sp³-hybridized carbons (Fsp3) is 0.273. The second kappa shape index (κ2) is 9.72. The number of rotatable bonds is 8. The summed E-state index contributed by atoms with van der Waals surface area (Å²) in [7, 11) is 1.46. The standard InChI is InChI=1S/C22H21ClFNO5S/c1-30-19-8-18-15(7-13(19)6-12-4-3-5-17(23)20(12)24)21(27)16(22(28)29)9-25(18)14(10-26)11-31-2/h3-5,7-9,14,26H,6,10-11H2,1-2H3,(H,28,29)/t14-/m1/s1. The number of benzene rings is 2. The van der Waals surface area contributed by atoms with Crippen LogP contribution in [0.2, 0.25) is 5.02 Å². The summed E-state index contributed by atoms with van der Waals surface area (Å²) in [4.78, 5) is 24.6. The van der Waals surface area contributed by atoms with Crippen molar-refractivity contribution in [2.75, 3.05) is 25.7 Å². The van der Waals surface area contributed by atoms with Gasteiger partial charge in [-0.2, -0.15) is 11.8 Å². The number of ether oxygens (including phenoxy) is 1. The van der Waals surface area contributed by atoms with Gasteiger partial charge >= 0.3 is 5.97 Å². The van der Waals surface area contributed by atoms with E-state index in [2.05, 4.69) is 0 Å². The highest BCUT2D eigenvalue weighted by Gasteiger charge is 2.21.